The van der Waals surface area contributed by atoms with Crippen molar-refractivity contribution >= 4 is 10.0 Å². The third-order valence-corrected chi connectivity index (χ3v) is 6.06. The molecule has 0 aliphatic heterocycles. The van der Waals surface area contributed by atoms with Crippen LogP contribution in [-0.2, 0) is 22.2 Å². The van der Waals surface area contributed by atoms with Gasteiger partial charge in [0.05, 0.1) is 11.9 Å². The van der Waals surface area contributed by atoms with Crippen LogP contribution in [0, 0.1) is 17.6 Å². The molecule has 2 N–H and O–H groups in total. The fourth-order valence-corrected chi connectivity index (χ4v) is 4.71. The van der Waals surface area contributed by atoms with Crippen LogP contribution in [-0.4, -0.2) is 25.7 Å². The molecule has 140 valence electrons. The lowest BCUT2D eigenvalue weighted by Gasteiger charge is -2.38. The van der Waals surface area contributed by atoms with Crippen molar-refractivity contribution in [2.75, 3.05) is 0 Å². The largest absolute Gasteiger partial charge is 0.393 e. The molecule has 2 aromatic carbocycles. The Hall–Kier alpha value is -1.83. The zero-order valence-corrected chi connectivity index (χ0v) is 14.9. The Morgan fingerprint density at radius 3 is 2.42 bits per heavy atom. The molecule has 26 heavy (non-hydrogen) atoms. The predicted molar refractivity (Wildman–Crippen MR) is 94.8 cm³/mol. The minimum absolute atomic E-state index is 0.0260. The minimum Gasteiger partial charge on any atom is -0.393 e. The molecule has 0 unspecified atom stereocenters. The van der Waals surface area contributed by atoms with Crippen LogP contribution in [0.3, 0.4) is 0 Å². The van der Waals surface area contributed by atoms with E-state index in [-0.39, 0.29) is 17.5 Å². The summed E-state index contributed by atoms with van der Waals surface area (Å²) in [5.41, 5.74) is 0.903. The Bertz CT molecular complexity index is 852. The first-order valence-corrected chi connectivity index (χ1v) is 10.1. The van der Waals surface area contributed by atoms with Gasteiger partial charge in [0.25, 0.3) is 0 Å². The molecule has 7 heteroatoms. The normalized spacial score (nSPS) is 21.2. The Labute approximate surface area is 151 Å². The molecule has 0 heterocycles. The second-order valence-corrected chi connectivity index (χ2v) is 8.55. The molecule has 1 saturated carbocycles. The van der Waals surface area contributed by atoms with Gasteiger partial charge in [-0.05, 0) is 36.8 Å². The van der Waals surface area contributed by atoms with Gasteiger partial charge in [0.1, 0.15) is 11.6 Å². The Balaban J connectivity index is 1.74. The van der Waals surface area contributed by atoms with E-state index >= 15 is 0 Å². The van der Waals surface area contributed by atoms with Crippen molar-refractivity contribution in [3.8, 4) is 0 Å². The summed E-state index contributed by atoms with van der Waals surface area (Å²) < 4.78 is 54.5. The lowest BCUT2D eigenvalue weighted by molar-refractivity contribution is 0.0283. The smallest absolute Gasteiger partial charge is 0.216 e. The van der Waals surface area contributed by atoms with Gasteiger partial charge < -0.3 is 5.11 Å². The maximum absolute atomic E-state index is 13.8. The topological polar surface area (TPSA) is 66.4 Å². The molecule has 0 saturated heterocycles. The number of aliphatic hydroxyl groups is 1. The van der Waals surface area contributed by atoms with Gasteiger partial charge in [0.2, 0.25) is 10.0 Å². The van der Waals surface area contributed by atoms with Crippen molar-refractivity contribution < 1.29 is 22.3 Å². The second kappa shape index (κ2) is 7.82. The van der Waals surface area contributed by atoms with Crippen molar-refractivity contribution in [2.24, 2.45) is 5.92 Å². The van der Waals surface area contributed by atoms with Gasteiger partial charge in [-0.1, -0.05) is 36.4 Å². The zero-order valence-electron chi connectivity index (χ0n) is 14.1. The van der Waals surface area contributed by atoms with Gasteiger partial charge in [-0.15, -0.1) is 0 Å². The Morgan fingerprint density at radius 2 is 1.81 bits per heavy atom. The van der Waals surface area contributed by atoms with Crippen LogP contribution in [0.2, 0.25) is 0 Å². The van der Waals surface area contributed by atoms with Crippen molar-refractivity contribution in [1.82, 2.24) is 4.72 Å². The first kappa shape index (κ1) is 18.9. The van der Waals surface area contributed by atoms with Gasteiger partial charge in [0, 0.05) is 17.7 Å². The number of aliphatic hydroxyl groups excluding tert-OH is 1. The van der Waals surface area contributed by atoms with E-state index < -0.39 is 33.5 Å². The van der Waals surface area contributed by atoms with E-state index in [1.807, 2.05) is 30.3 Å². The average Bonchev–Trinajstić information content (AvgIpc) is 2.55. The van der Waals surface area contributed by atoms with Crippen LogP contribution >= 0.6 is 0 Å². The van der Waals surface area contributed by atoms with Crippen molar-refractivity contribution in [2.45, 2.75) is 37.2 Å². The highest BCUT2D eigenvalue weighted by atomic mass is 32.2. The second-order valence-electron chi connectivity index (χ2n) is 6.79. The summed E-state index contributed by atoms with van der Waals surface area (Å²) >= 11 is 0. The van der Waals surface area contributed by atoms with Crippen LogP contribution < -0.4 is 4.72 Å². The van der Waals surface area contributed by atoms with Crippen LogP contribution in [0.4, 0.5) is 8.78 Å². The van der Waals surface area contributed by atoms with Gasteiger partial charge in [-0.3, -0.25) is 0 Å². The highest BCUT2D eigenvalue weighted by molar-refractivity contribution is 7.88. The molecule has 0 radical (unpaired) electrons. The van der Waals surface area contributed by atoms with Gasteiger partial charge in [-0.25, -0.2) is 21.9 Å². The number of benzene rings is 2. The third-order valence-electron chi connectivity index (χ3n) is 4.71. The van der Waals surface area contributed by atoms with E-state index in [0.29, 0.717) is 25.3 Å². The van der Waals surface area contributed by atoms with Gasteiger partial charge in [-0.2, -0.15) is 0 Å². The molecule has 0 amide bonds. The quantitative estimate of drug-likeness (QED) is 0.775. The maximum atomic E-state index is 13.8. The predicted octanol–water partition coefficient (Wildman–Crippen LogP) is 2.77. The summed E-state index contributed by atoms with van der Waals surface area (Å²) in [4.78, 5) is 0. The third kappa shape index (κ3) is 4.87. The molecule has 0 aromatic heterocycles. The monoisotopic (exact) mass is 381 g/mol. The van der Waals surface area contributed by atoms with E-state index in [4.69, 9.17) is 0 Å². The average molecular weight is 381 g/mol. The number of halogens is 2. The zero-order chi connectivity index (χ0) is 18.7. The van der Waals surface area contributed by atoms with Gasteiger partial charge in [0.15, 0.2) is 0 Å². The molecule has 4 nitrogen and oxygen atoms in total. The van der Waals surface area contributed by atoms with Crippen LogP contribution in [0.15, 0.2) is 48.5 Å². The molecule has 0 bridgehead atoms. The van der Waals surface area contributed by atoms with E-state index in [1.165, 1.54) is 0 Å². The van der Waals surface area contributed by atoms with Crippen LogP contribution in [0.5, 0.6) is 0 Å². The minimum atomic E-state index is -3.82. The number of nitrogens with one attached hydrogen (secondary N) is 1. The Kier molecular flexibility index (Phi) is 5.70. The fraction of sp³-hybridized carbons (Fsp3) is 0.368. The Morgan fingerprint density at radius 1 is 1.12 bits per heavy atom. The molecule has 1 aliphatic carbocycles. The highest BCUT2D eigenvalue weighted by Crippen LogP contribution is 2.32. The van der Waals surface area contributed by atoms with Crippen LogP contribution in [0.1, 0.15) is 24.0 Å². The number of sulfonamides is 1. The summed E-state index contributed by atoms with van der Waals surface area (Å²) in [6.45, 7) is 0. The van der Waals surface area contributed by atoms with E-state index in [2.05, 4.69) is 4.72 Å². The van der Waals surface area contributed by atoms with Crippen molar-refractivity contribution in [1.29, 1.82) is 0 Å². The number of hydrogen-bond acceptors (Lipinski definition) is 3. The van der Waals surface area contributed by atoms with E-state index in [0.717, 1.165) is 17.7 Å². The fourth-order valence-electron chi connectivity index (χ4n) is 3.25. The van der Waals surface area contributed by atoms with Crippen LogP contribution in [0.25, 0.3) is 0 Å². The first-order chi connectivity index (χ1) is 12.3. The summed E-state index contributed by atoms with van der Waals surface area (Å²) in [5, 5.41) is 9.57. The lowest BCUT2D eigenvalue weighted by atomic mass is 9.76. The molecule has 3 rings (SSSR count). The summed E-state index contributed by atoms with van der Waals surface area (Å²) in [6, 6.07) is 11.9. The molecule has 1 aliphatic rings. The van der Waals surface area contributed by atoms with Crippen molar-refractivity contribution in [3.05, 3.63) is 71.3 Å². The molecule has 2 aromatic rings. The van der Waals surface area contributed by atoms with Gasteiger partial charge >= 0.3 is 0 Å². The molecule has 1 atom stereocenters. The van der Waals surface area contributed by atoms with E-state index in [1.54, 1.807) is 0 Å². The standard InChI is InChI=1S/C19H21F2NO3S/c20-16-7-6-14(18(21)11-16)12-26(24,25)22-19(15-9-17(23)10-15)8-13-4-2-1-3-5-13/h1-7,11,15,17,19,22-23H,8-10,12H2/t15?,17?,19-/m1/s1. The number of hydrogen-bond donors (Lipinski definition) is 2. The molecular weight excluding hydrogens is 360 g/mol. The SMILES string of the molecule is O=S(=O)(Cc1ccc(F)cc1F)N[C@H](Cc1ccccc1)C1CC(O)C1. The highest BCUT2D eigenvalue weighted by Gasteiger charge is 2.36. The number of rotatable bonds is 7. The first-order valence-electron chi connectivity index (χ1n) is 8.48. The molecule has 1 fully saturated rings. The lowest BCUT2D eigenvalue weighted by Crippen LogP contribution is -2.48. The molecule has 0 spiro atoms. The summed E-state index contributed by atoms with van der Waals surface area (Å²) in [5.74, 6) is -2.16. The van der Waals surface area contributed by atoms with Crippen molar-refractivity contribution in [3.63, 3.8) is 0 Å². The summed E-state index contributed by atoms with van der Waals surface area (Å²) in [6.07, 6.45) is 1.15. The molecular formula is C19H21F2NO3S. The summed E-state index contributed by atoms with van der Waals surface area (Å²) in [7, 11) is -3.82. The van der Waals surface area contributed by atoms with E-state index in [9.17, 15) is 22.3 Å². The maximum Gasteiger partial charge on any atom is 0.216 e.